The van der Waals surface area contributed by atoms with Crippen molar-refractivity contribution < 1.29 is 14.3 Å². The molecule has 2 aromatic rings. The lowest BCUT2D eigenvalue weighted by Gasteiger charge is -2.31. The Bertz CT molecular complexity index is 593. The molecule has 5 nitrogen and oxygen atoms in total. The maximum Gasteiger partial charge on any atom is 0.319 e. The van der Waals surface area contributed by atoms with Gasteiger partial charge in [-0.25, -0.2) is 4.79 Å². The highest BCUT2D eigenvalue weighted by molar-refractivity contribution is 7.14. The Kier molecular flexibility index (Phi) is 3.50. The molecule has 0 radical (unpaired) electrons. The van der Waals surface area contributed by atoms with E-state index in [1.807, 2.05) is 17.5 Å². The molecule has 0 spiro atoms. The van der Waals surface area contributed by atoms with Gasteiger partial charge in [0.05, 0.1) is 17.8 Å². The molecule has 2 heterocycles. The minimum Gasteiger partial charge on any atom is -0.469 e. The fourth-order valence-corrected chi connectivity index (χ4v) is 3.15. The van der Waals surface area contributed by atoms with Crippen molar-refractivity contribution in [2.45, 2.75) is 24.9 Å². The number of carbonyl (C=O) groups is 1. The maximum absolute atomic E-state index is 11.8. The topological polar surface area (TPSA) is 74.5 Å². The highest BCUT2D eigenvalue weighted by Crippen LogP contribution is 2.35. The number of anilines is 1. The van der Waals surface area contributed by atoms with Crippen molar-refractivity contribution in [3.8, 4) is 0 Å². The summed E-state index contributed by atoms with van der Waals surface area (Å²) in [7, 11) is 0. The molecule has 2 aromatic heterocycles. The SMILES string of the molecule is O=C(NCC1(O)CCCc2occc21)Nc1cccs1. The van der Waals surface area contributed by atoms with Crippen LogP contribution in [0.1, 0.15) is 24.2 Å². The van der Waals surface area contributed by atoms with Crippen molar-refractivity contribution in [3.05, 3.63) is 41.2 Å². The third kappa shape index (κ3) is 2.57. The zero-order chi connectivity index (χ0) is 14.0. The number of amides is 2. The molecule has 6 heteroatoms. The number of rotatable bonds is 3. The molecule has 1 unspecified atom stereocenters. The van der Waals surface area contributed by atoms with Crippen LogP contribution in [-0.2, 0) is 12.0 Å². The fraction of sp³-hybridized carbons (Fsp3) is 0.357. The first-order chi connectivity index (χ1) is 9.67. The highest BCUT2D eigenvalue weighted by Gasteiger charge is 2.36. The molecule has 1 aliphatic carbocycles. The Balaban J connectivity index is 1.62. The van der Waals surface area contributed by atoms with Crippen molar-refractivity contribution in [1.29, 1.82) is 0 Å². The zero-order valence-electron chi connectivity index (χ0n) is 10.9. The van der Waals surface area contributed by atoms with Gasteiger partial charge in [-0.1, -0.05) is 0 Å². The van der Waals surface area contributed by atoms with Crippen LogP contribution in [0.15, 0.2) is 34.3 Å². The second-order valence-corrected chi connectivity index (χ2v) is 5.88. The lowest BCUT2D eigenvalue weighted by Crippen LogP contribution is -2.43. The number of thiophene rings is 1. The smallest absolute Gasteiger partial charge is 0.319 e. The first-order valence-electron chi connectivity index (χ1n) is 6.55. The summed E-state index contributed by atoms with van der Waals surface area (Å²) in [4.78, 5) is 11.8. The first kappa shape index (κ1) is 13.2. The normalized spacial score (nSPS) is 21.2. The average molecular weight is 292 g/mol. The van der Waals surface area contributed by atoms with E-state index in [-0.39, 0.29) is 12.6 Å². The monoisotopic (exact) mass is 292 g/mol. The lowest BCUT2D eigenvalue weighted by molar-refractivity contribution is 0.0199. The van der Waals surface area contributed by atoms with E-state index >= 15 is 0 Å². The molecule has 1 aliphatic rings. The molecule has 0 bridgehead atoms. The highest BCUT2D eigenvalue weighted by atomic mass is 32.1. The quantitative estimate of drug-likeness (QED) is 0.814. The molecule has 20 heavy (non-hydrogen) atoms. The van der Waals surface area contributed by atoms with Gasteiger partial charge >= 0.3 is 6.03 Å². The fourth-order valence-electron chi connectivity index (χ4n) is 2.54. The number of furan rings is 1. The van der Waals surface area contributed by atoms with Gasteiger partial charge in [0.15, 0.2) is 0 Å². The molecule has 2 amide bonds. The molecule has 106 valence electrons. The number of urea groups is 1. The van der Waals surface area contributed by atoms with E-state index in [9.17, 15) is 9.90 Å². The summed E-state index contributed by atoms with van der Waals surface area (Å²) in [5, 5.41) is 18.8. The number of carbonyl (C=O) groups excluding carboxylic acids is 1. The minimum absolute atomic E-state index is 0.177. The molecule has 0 saturated heterocycles. The third-order valence-electron chi connectivity index (χ3n) is 3.54. The van der Waals surface area contributed by atoms with Crippen molar-refractivity contribution in [2.75, 3.05) is 11.9 Å². The van der Waals surface area contributed by atoms with Crippen LogP contribution in [0.2, 0.25) is 0 Å². The zero-order valence-corrected chi connectivity index (χ0v) is 11.7. The van der Waals surface area contributed by atoms with Crippen molar-refractivity contribution in [3.63, 3.8) is 0 Å². The van der Waals surface area contributed by atoms with Gasteiger partial charge in [0.25, 0.3) is 0 Å². The van der Waals surface area contributed by atoms with Gasteiger partial charge in [-0.05, 0) is 36.4 Å². The van der Waals surface area contributed by atoms with Crippen LogP contribution < -0.4 is 10.6 Å². The standard InChI is InChI=1S/C14H16N2O3S/c17-13(16-12-4-2-8-20-12)15-9-14(18)6-1-3-11-10(14)5-7-19-11/h2,4-5,7-8,18H,1,3,6,9H2,(H2,15,16,17). The second-order valence-electron chi connectivity index (χ2n) is 4.93. The van der Waals surface area contributed by atoms with Crippen molar-refractivity contribution in [2.24, 2.45) is 0 Å². The average Bonchev–Trinajstić information content (AvgIpc) is 3.08. The van der Waals surface area contributed by atoms with Gasteiger partial charge in [-0.3, -0.25) is 5.32 Å². The van der Waals surface area contributed by atoms with Crippen LogP contribution in [0, 0.1) is 0 Å². The van der Waals surface area contributed by atoms with Crippen molar-refractivity contribution >= 4 is 22.4 Å². The molecular weight excluding hydrogens is 276 g/mol. The summed E-state index contributed by atoms with van der Waals surface area (Å²) in [6.07, 6.45) is 3.91. The van der Waals surface area contributed by atoms with Crippen molar-refractivity contribution in [1.82, 2.24) is 5.32 Å². The van der Waals surface area contributed by atoms with Crippen LogP contribution >= 0.6 is 11.3 Å². The summed E-state index contributed by atoms with van der Waals surface area (Å²) in [6.45, 7) is 0.177. The first-order valence-corrected chi connectivity index (χ1v) is 7.43. The molecule has 0 aliphatic heterocycles. The summed E-state index contributed by atoms with van der Waals surface area (Å²) >= 11 is 1.45. The number of nitrogens with one attached hydrogen (secondary N) is 2. The molecule has 3 rings (SSSR count). The van der Waals surface area contributed by atoms with E-state index in [1.165, 1.54) is 11.3 Å². The molecular formula is C14H16N2O3S. The third-order valence-corrected chi connectivity index (χ3v) is 4.33. The van der Waals surface area contributed by atoms with E-state index in [4.69, 9.17) is 4.42 Å². The predicted octanol–water partition coefficient (Wildman–Crippen LogP) is 2.69. The largest absolute Gasteiger partial charge is 0.469 e. The Hall–Kier alpha value is -1.79. The second kappa shape index (κ2) is 5.30. The Morgan fingerprint density at radius 2 is 2.40 bits per heavy atom. The van der Waals surface area contributed by atoms with E-state index in [0.717, 1.165) is 29.2 Å². The van der Waals surface area contributed by atoms with E-state index in [0.29, 0.717) is 6.42 Å². The molecule has 3 N–H and O–H groups in total. The van der Waals surface area contributed by atoms with Gasteiger partial charge in [-0.2, -0.15) is 0 Å². The Labute approximate surface area is 120 Å². The number of hydrogen-bond acceptors (Lipinski definition) is 4. The number of hydrogen-bond donors (Lipinski definition) is 3. The summed E-state index contributed by atoms with van der Waals surface area (Å²) in [6, 6.07) is 5.17. The van der Waals surface area contributed by atoms with E-state index in [1.54, 1.807) is 12.3 Å². The van der Waals surface area contributed by atoms with E-state index < -0.39 is 5.60 Å². The van der Waals surface area contributed by atoms with Gasteiger partial charge < -0.3 is 14.8 Å². The Morgan fingerprint density at radius 1 is 1.50 bits per heavy atom. The van der Waals surface area contributed by atoms with Crippen LogP contribution in [0.3, 0.4) is 0 Å². The molecule has 0 fully saturated rings. The number of aryl methyl sites for hydroxylation is 1. The molecule has 0 saturated carbocycles. The molecule has 1 atom stereocenters. The summed E-state index contributed by atoms with van der Waals surface area (Å²) in [5.74, 6) is 0.819. The van der Waals surface area contributed by atoms with Crippen LogP contribution in [0.5, 0.6) is 0 Å². The number of fused-ring (bicyclic) bond motifs is 1. The van der Waals surface area contributed by atoms with Gasteiger partial charge in [-0.15, -0.1) is 11.3 Å². The van der Waals surface area contributed by atoms with Crippen LogP contribution in [-0.4, -0.2) is 17.7 Å². The number of aliphatic hydroxyl groups is 1. The Morgan fingerprint density at radius 3 is 3.20 bits per heavy atom. The molecule has 0 aromatic carbocycles. The summed E-state index contributed by atoms with van der Waals surface area (Å²) < 4.78 is 5.36. The van der Waals surface area contributed by atoms with Gasteiger partial charge in [0.1, 0.15) is 11.4 Å². The van der Waals surface area contributed by atoms with Crippen LogP contribution in [0.25, 0.3) is 0 Å². The van der Waals surface area contributed by atoms with Crippen LogP contribution in [0.4, 0.5) is 9.80 Å². The van der Waals surface area contributed by atoms with Gasteiger partial charge in [0, 0.05) is 12.0 Å². The van der Waals surface area contributed by atoms with Gasteiger partial charge in [0.2, 0.25) is 0 Å². The minimum atomic E-state index is -1.03. The van der Waals surface area contributed by atoms with E-state index in [2.05, 4.69) is 10.6 Å². The maximum atomic E-state index is 11.8. The lowest BCUT2D eigenvalue weighted by atomic mass is 9.83. The summed E-state index contributed by atoms with van der Waals surface area (Å²) in [5.41, 5.74) is -0.243. The predicted molar refractivity (Wildman–Crippen MR) is 76.9 cm³/mol.